The van der Waals surface area contributed by atoms with E-state index in [0.717, 1.165) is 18.4 Å². The second-order valence-electron chi connectivity index (χ2n) is 4.79. The van der Waals surface area contributed by atoms with Crippen LogP contribution in [0.3, 0.4) is 0 Å². The van der Waals surface area contributed by atoms with E-state index in [2.05, 4.69) is 33.0 Å². The van der Waals surface area contributed by atoms with Gasteiger partial charge in [-0.2, -0.15) is 0 Å². The van der Waals surface area contributed by atoms with E-state index in [9.17, 15) is 4.39 Å². The zero-order chi connectivity index (χ0) is 12.2. The van der Waals surface area contributed by atoms with E-state index in [-0.39, 0.29) is 11.4 Å². The maximum atomic E-state index is 13.2. The Bertz CT molecular complexity index is 329. The number of hydrogen-bond donors (Lipinski definition) is 1. The van der Waals surface area contributed by atoms with Crippen molar-refractivity contribution < 1.29 is 4.39 Å². The minimum Gasteiger partial charge on any atom is -0.305 e. The van der Waals surface area contributed by atoms with Crippen LogP contribution < -0.4 is 5.32 Å². The quantitative estimate of drug-likeness (QED) is 0.799. The second kappa shape index (κ2) is 5.44. The number of hydrogen-bond acceptors (Lipinski definition) is 1. The van der Waals surface area contributed by atoms with Crippen molar-refractivity contribution in [3.05, 3.63) is 35.6 Å². The summed E-state index contributed by atoms with van der Waals surface area (Å²) in [6, 6.07) is 7.31. The first kappa shape index (κ1) is 13.2. The molecule has 1 N–H and O–H groups in total. The third kappa shape index (κ3) is 3.31. The van der Waals surface area contributed by atoms with E-state index >= 15 is 0 Å². The van der Waals surface area contributed by atoms with Crippen LogP contribution >= 0.6 is 0 Å². The minimum atomic E-state index is -0.182. The Hall–Kier alpha value is -0.890. The fourth-order valence-corrected chi connectivity index (χ4v) is 1.96. The summed E-state index contributed by atoms with van der Waals surface area (Å²) in [4.78, 5) is 0. The number of halogens is 1. The Morgan fingerprint density at radius 1 is 1.25 bits per heavy atom. The summed E-state index contributed by atoms with van der Waals surface area (Å²) in [5.41, 5.74) is 0.818. The van der Waals surface area contributed by atoms with Crippen LogP contribution in [0.15, 0.2) is 24.3 Å². The van der Waals surface area contributed by atoms with Gasteiger partial charge in [0.25, 0.3) is 0 Å². The van der Waals surface area contributed by atoms with Gasteiger partial charge >= 0.3 is 0 Å². The summed E-state index contributed by atoms with van der Waals surface area (Å²) in [7, 11) is 0. The summed E-state index contributed by atoms with van der Waals surface area (Å²) in [5, 5.41) is 3.57. The van der Waals surface area contributed by atoms with Crippen molar-refractivity contribution in [2.75, 3.05) is 0 Å². The van der Waals surface area contributed by atoms with E-state index in [1.54, 1.807) is 12.1 Å². The molecule has 0 unspecified atom stereocenters. The molecule has 16 heavy (non-hydrogen) atoms. The summed E-state index contributed by atoms with van der Waals surface area (Å²) < 4.78 is 13.2. The lowest BCUT2D eigenvalue weighted by Gasteiger charge is -2.31. The minimum absolute atomic E-state index is 0.170. The van der Waals surface area contributed by atoms with Gasteiger partial charge < -0.3 is 5.32 Å². The molecule has 1 aromatic carbocycles. The van der Waals surface area contributed by atoms with Crippen LogP contribution in [-0.4, -0.2) is 6.04 Å². The second-order valence-corrected chi connectivity index (χ2v) is 4.79. The first-order chi connectivity index (χ1) is 7.49. The maximum absolute atomic E-state index is 13.2. The van der Waals surface area contributed by atoms with E-state index < -0.39 is 0 Å². The highest BCUT2D eigenvalue weighted by Gasteiger charge is 2.22. The highest BCUT2D eigenvalue weighted by molar-refractivity contribution is 5.23. The summed E-state index contributed by atoms with van der Waals surface area (Å²) in [5.74, 6) is -0.170. The van der Waals surface area contributed by atoms with Crippen LogP contribution in [-0.2, 0) is 5.54 Å². The molecule has 0 bridgehead atoms. The molecule has 0 aliphatic heterocycles. The Kier molecular flexibility index (Phi) is 4.48. The van der Waals surface area contributed by atoms with E-state index in [4.69, 9.17) is 0 Å². The predicted octanol–water partition coefficient (Wildman–Crippen LogP) is 3.84. The van der Waals surface area contributed by atoms with Crippen LogP contribution in [0.25, 0.3) is 0 Å². The zero-order valence-corrected chi connectivity index (χ0v) is 10.7. The third-order valence-electron chi connectivity index (χ3n) is 3.10. The number of benzene rings is 1. The topological polar surface area (TPSA) is 12.0 Å². The monoisotopic (exact) mass is 223 g/mol. The van der Waals surface area contributed by atoms with Crippen LogP contribution in [0.5, 0.6) is 0 Å². The van der Waals surface area contributed by atoms with Crippen molar-refractivity contribution in [1.29, 1.82) is 0 Å². The third-order valence-corrected chi connectivity index (χ3v) is 3.10. The summed E-state index contributed by atoms with van der Waals surface area (Å²) in [6.45, 7) is 8.53. The average molecular weight is 223 g/mol. The largest absolute Gasteiger partial charge is 0.305 e. The summed E-state index contributed by atoms with van der Waals surface area (Å²) in [6.07, 6.45) is 2.19. The van der Waals surface area contributed by atoms with Crippen LogP contribution in [0.4, 0.5) is 4.39 Å². The molecule has 90 valence electrons. The van der Waals surface area contributed by atoms with Gasteiger partial charge in [0.1, 0.15) is 5.82 Å². The number of nitrogens with one attached hydrogen (secondary N) is 1. The molecule has 1 nitrogen and oxygen atoms in total. The van der Waals surface area contributed by atoms with Crippen LogP contribution in [0.2, 0.25) is 0 Å². The van der Waals surface area contributed by atoms with Gasteiger partial charge in [-0.05, 0) is 44.4 Å². The van der Waals surface area contributed by atoms with E-state index in [1.807, 2.05) is 6.07 Å². The van der Waals surface area contributed by atoms with Gasteiger partial charge in [-0.25, -0.2) is 4.39 Å². The van der Waals surface area contributed by atoms with Gasteiger partial charge in [-0.3, -0.25) is 0 Å². The Balaban J connectivity index is 2.84. The molecular weight excluding hydrogens is 201 g/mol. The molecule has 0 heterocycles. The Labute approximate surface area is 98.1 Å². The van der Waals surface area contributed by atoms with Crippen molar-refractivity contribution in [3.8, 4) is 0 Å². The molecule has 0 spiro atoms. The predicted molar refractivity (Wildman–Crippen MR) is 66.9 cm³/mol. The molecule has 0 atom stereocenters. The van der Waals surface area contributed by atoms with E-state index in [1.165, 1.54) is 6.07 Å². The van der Waals surface area contributed by atoms with Gasteiger partial charge in [0.2, 0.25) is 0 Å². The fourth-order valence-electron chi connectivity index (χ4n) is 1.96. The van der Waals surface area contributed by atoms with Crippen molar-refractivity contribution >= 4 is 0 Å². The van der Waals surface area contributed by atoms with Gasteiger partial charge in [0, 0.05) is 11.6 Å². The van der Waals surface area contributed by atoms with Gasteiger partial charge in [0.15, 0.2) is 0 Å². The lowest BCUT2D eigenvalue weighted by molar-refractivity contribution is 0.326. The van der Waals surface area contributed by atoms with Crippen molar-refractivity contribution in [3.63, 3.8) is 0 Å². The normalized spacial score (nSPS) is 12.1. The smallest absolute Gasteiger partial charge is 0.123 e. The molecule has 0 aliphatic rings. The molecule has 0 radical (unpaired) electrons. The first-order valence-electron chi connectivity index (χ1n) is 6.03. The average Bonchev–Trinajstić information content (AvgIpc) is 2.26. The molecule has 0 fully saturated rings. The number of rotatable bonds is 5. The van der Waals surface area contributed by atoms with Gasteiger partial charge in [-0.1, -0.05) is 26.0 Å². The molecule has 0 aromatic heterocycles. The molecule has 2 heteroatoms. The summed E-state index contributed by atoms with van der Waals surface area (Å²) >= 11 is 0. The first-order valence-corrected chi connectivity index (χ1v) is 6.03. The fraction of sp³-hybridized carbons (Fsp3) is 0.571. The molecule has 1 rings (SSSR count). The van der Waals surface area contributed by atoms with Crippen LogP contribution in [0, 0.1) is 5.82 Å². The van der Waals surface area contributed by atoms with E-state index in [0.29, 0.717) is 6.04 Å². The van der Waals surface area contributed by atoms with Gasteiger partial charge in [0.05, 0.1) is 0 Å². The SMILES string of the molecule is CCC(CC)NC(C)(C)c1cccc(F)c1. The Morgan fingerprint density at radius 2 is 1.88 bits per heavy atom. The molecule has 0 saturated heterocycles. The van der Waals surface area contributed by atoms with Crippen molar-refractivity contribution in [2.45, 2.75) is 52.1 Å². The molecule has 0 amide bonds. The molecule has 0 aliphatic carbocycles. The molecular formula is C14H22FN. The van der Waals surface area contributed by atoms with Crippen molar-refractivity contribution in [1.82, 2.24) is 5.32 Å². The highest BCUT2D eigenvalue weighted by Crippen LogP contribution is 2.22. The van der Waals surface area contributed by atoms with Gasteiger partial charge in [-0.15, -0.1) is 0 Å². The lowest BCUT2D eigenvalue weighted by atomic mass is 9.92. The zero-order valence-electron chi connectivity index (χ0n) is 10.7. The highest BCUT2D eigenvalue weighted by atomic mass is 19.1. The lowest BCUT2D eigenvalue weighted by Crippen LogP contribution is -2.43. The Morgan fingerprint density at radius 3 is 2.38 bits per heavy atom. The standard InChI is InChI=1S/C14H22FN/c1-5-13(6-2)16-14(3,4)11-8-7-9-12(15)10-11/h7-10,13,16H,5-6H2,1-4H3. The molecule has 0 saturated carbocycles. The molecule has 1 aromatic rings. The van der Waals surface area contributed by atoms with Crippen LogP contribution in [0.1, 0.15) is 46.1 Å². The maximum Gasteiger partial charge on any atom is 0.123 e. The van der Waals surface area contributed by atoms with Crippen molar-refractivity contribution in [2.24, 2.45) is 0 Å².